The Morgan fingerprint density at radius 1 is 1.31 bits per heavy atom. The van der Waals surface area contributed by atoms with Crippen LogP contribution in [-0.2, 0) is 29.1 Å². The third-order valence-electron chi connectivity index (χ3n) is 5.24. The molecule has 1 saturated carbocycles. The zero-order valence-electron chi connectivity index (χ0n) is 17.4. The van der Waals surface area contributed by atoms with Gasteiger partial charge in [-0.1, -0.05) is 6.42 Å². The van der Waals surface area contributed by atoms with E-state index in [1.54, 1.807) is 7.11 Å². The monoisotopic (exact) mass is 519 g/mol. The SMILES string of the molecule is CCNC(=NCCCNC(=O)C1CCC1)NC1CCc2nc(COC)nn2C1.I. The molecule has 1 aliphatic carbocycles. The summed E-state index contributed by atoms with van der Waals surface area (Å²) in [5.74, 6) is 3.04. The first-order valence-corrected chi connectivity index (χ1v) is 10.4. The van der Waals surface area contributed by atoms with Crippen molar-refractivity contribution in [2.75, 3.05) is 26.7 Å². The number of nitrogens with one attached hydrogen (secondary N) is 3. The predicted octanol–water partition coefficient (Wildman–Crippen LogP) is 1.22. The molecule has 164 valence electrons. The highest BCUT2D eigenvalue weighted by molar-refractivity contribution is 14.0. The molecule has 10 heteroatoms. The quantitative estimate of drug-likeness (QED) is 0.196. The van der Waals surface area contributed by atoms with Crippen molar-refractivity contribution < 1.29 is 9.53 Å². The average molecular weight is 519 g/mol. The van der Waals surface area contributed by atoms with E-state index in [0.29, 0.717) is 19.7 Å². The molecule has 2 aliphatic rings. The maximum atomic E-state index is 11.8. The number of aromatic nitrogens is 3. The summed E-state index contributed by atoms with van der Waals surface area (Å²) in [4.78, 5) is 21.0. The highest BCUT2D eigenvalue weighted by atomic mass is 127. The van der Waals surface area contributed by atoms with Crippen LogP contribution in [0.25, 0.3) is 0 Å². The molecule has 1 atom stereocenters. The zero-order chi connectivity index (χ0) is 19.8. The van der Waals surface area contributed by atoms with E-state index in [4.69, 9.17) is 4.74 Å². The number of aliphatic imine (C=N–C) groups is 1. The Balaban J connectivity index is 0.00000300. The highest BCUT2D eigenvalue weighted by Gasteiger charge is 2.24. The highest BCUT2D eigenvalue weighted by Crippen LogP contribution is 2.26. The van der Waals surface area contributed by atoms with Gasteiger partial charge >= 0.3 is 0 Å². The van der Waals surface area contributed by atoms with Crippen molar-refractivity contribution in [1.29, 1.82) is 0 Å². The molecule has 9 nitrogen and oxygen atoms in total. The first-order valence-electron chi connectivity index (χ1n) is 10.4. The molecular weight excluding hydrogens is 485 g/mol. The van der Waals surface area contributed by atoms with Crippen LogP contribution in [0.1, 0.15) is 50.7 Å². The molecule has 2 heterocycles. The number of hydrogen-bond donors (Lipinski definition) is 3. The zero-order valence-corrected chi connectivity index (χ0v) is 19.8. The van der Waals surface area contributed by atoms with Crippen LogP contribution in [0.15, 0.2) is 4.99 Å². The average Bonchev–Trinajstić information content (AvgIpc) is 3.02. The number of hydrogen-bond acceptors (Lipinski definition) is 5. The van der Waals surface area contributed by atoms with Crippen molar-refractivity contribution in [3.8, 4) is 0 Å². The van der Waals surface area contributed by atoms with E-state index in [1.165, 1.54) is 6.42 Å². The Hall–Kier alpha value is -1.43. The van der Waals surface area contributed by atoms with Crippen LogP contribution in [0.5, 0.6) is 0 Å². The molecule has 0 radical (unpaired) electrons. The van der Waals surface area contributed by atoms with Gasteiger partial charge in [0, 0.05) is 45.1 Å². The first-order chi connectivity index (χ1) is 13.7. The van der Waals surface area contributed by atoms with Gasteiger partial charge in [0.15, 0.2) is 11.8 Å². The summed E-state index contributed by atoms with van der Waals surface area (Å²) in [7, 11) is 1.66. The van der Waals surface area contributed by atoms with Crippen LogP contribution in [0.3, 0.4) is 0 Å². The standard InChI is InChI=1S/C19H33N7O2.HI/c1-3-20-19(22-11-5-10-21-18(27)14-6-4-7-14)23-15-8-9-17-24-16(13-28-2)25-26(17)12-15;/h14-15H,3-13H2,1-2H3,(H,21,27)(H2,20,22,23);1H. The fourth-order valence-corrected chi connectivity index (χ4v) is 3.48. The Bertz CT molecular complexity index is 676. The van der Waals surface area contributed by atoms with Crippen molar-refractivity contribution in [3.05, 3.63) is 11.6 Å². The number of methoxy groups -OCH3 is 1. The van der Waals surface area contributed by atoms with Gasteiger partial charge in [-0.2, -0.15) is 5.10 Å². The molecule has 3 N–H and O–H groups in total. The van der Waals surface area contributed by atoms with Gasteiger partial charge in [-0.15, -0.1) is 24.0 Å². The molecule has 1 unspecified atom stereocenters. The Morgan fingerprint density at radius 3 is 2.83 bits per heavy atom. The summed E-state index contributed by atoms with van der Waals surface area (Å²) in [5, 5.41) is 14.3. The molecule has 3 rings (SSSR count). The number of carbonyl (C=O) groups excluding carboxylic acids is 1. The van der Waals surface area contributed by atoms with Crippen LogP contribution in [-0.4, -0.2) is 59.4 Å². The summed E-state index contributed by atoms with van der Waals surface area (Å²) >= 11 is 0. The lowest BCUT2D eigenvalue weighted by atomic mass is 9.85. The van der Waals surface area contributed by atoms with Gasteiger partial charge in [-0.3, -0.25) is 9.79 Å². The second-order valence-electron chi connectivity index (χ2n) is 7.47. The van der Waals surface area contributed by atoms with Crippen LogP contribution in [0.2, 0.25) is 0 Å². The number of ether oxygens (including phenoxy) is 1. The second-order valence-corrected chi connectivity index (χ2v) is 7.47. The number of carbonyl (C=O) groups is 1. The van der Waals surface area contributed by atoms with Crippen molar-refractivity contribution in [2.24, 2.45) is 10.9 Å². The van der Waals surface area contributed by atoms with Gasteiger partial charge in [0.2, 0.25) is 5.91 Å². The van der Waals surface area contributed by atoms with E-state index in [1.807, 2.05) is 4.68 Å². The lowest BCUT2D eigenvalue weighted by molar-refractivity contribution is -0.127. The van der Waals surface area contributed by atoms with E-state index in [-0.39, 0.29) is 41.8 Å². The summed E-state index contributed by atoms with van der Waals surface area (Å²) in [6.07, 6.45) is 5.99. The van der Waals surface area contributed by atoms with Gasteiger partial charge in [0.25, 0.3) is 0 Å². The van der Waals surface area contributed by atoms with Gasteiger partial charge in [0.1, 0.15) is 12.4 Å². The van der Waals surface area contributed by atoms with Gasteiger partial charge < -0.3 is 20.7 Å². The molecule has 0 spiro atoms. The molecule has 1 aliphatic heterocycles. The summed E-state index contributed by atoms with van der Waals surface area (Å²) in [5.41, 5.74) is 0. The fraction of sp³-hybridized carbons (Fsp3) is 0.789. The van der Waals surface area contributed by atoms with Crippen molar-refractivity contribution in [3.63, 3.8) is 0 Å². The summed E-state index contributed by atoms with van der Waals surface area (Å²) in [6.45, 7) is 5.45. The molecule has 1 amide bonds. The minimum Gasteiger partial charge on any atom is -0.377 e. The maximum Gasteiger partial charge on any atom is 0.223 e. The number of rotatable bonds is 9. The summed E-state index contributed by atoms with van der Waals surface area (Å²) in [6, 6.07) is 0.265. The second kappa shape index (κ2) is 12.3. The third-order valence-corrected chi connectivity index (χ3v) is 5.24. The molecule has 1 fully saturated rings. The predicted molar refractivity (Wildman–Crippen MR) is 122 cm³/mol. The van der Waals surface area contributed by atoms with Crippen molar-refractivity contribution >= 4 is 35.8 Å². The van der Waals surface area contributed by atoms with Crippen molar-refractivity contribution in [2.45, 2.75) is 64.6 Å². The van der Waals surface area contributed by atoms with Gasteiger partial charge in [-0.05, 0) is 32.6 Å². The van der Waals surface area contributed by atoms with E-state index >= 15 is 0 Å². The number of nitrogens with zero attached hydrogens (tertiary/aromatic N) is 4. The van der Waals surface area contributed by atoms with Gasteiger partial charge in [0.05, 0.1) is 6.54 Å². The first kappa shape index (κ1) is 23.8. The molecule has 1 aromatic heterocycles. The smallest absolute Gasteiger partial charge is 0.223 e. The molecular formula is C19H34IN7O2. The van der Waals surface area contributed by atoms with Crippen molar-refractivity contribution in [1.82, 2.24) is 30.7 Å². The van der Waals surface area contributed by atoms with E-state index in [2.05, 4.69) is 37.9 Å². The molecule has 29 heavy (non-hydrogen) atoms. The lowest BCUT2D eigenvalue weighted by Gasteiger charge is -2.25. The Morgan fingerprint density at radius 2 is 2.14 bits per heavy atom. The largest absolute Gasteiger partial charge is 0.377 e. The number of fused-ring (bicyclic) bond motifs is 1. The van der Waals surface area contributed by atoms with E-state index in [0.717, 1.165) is 62.8 Å². The van der Waals surface area contributed by atoms with E-state index in [9.17, 15) is 4.79 Å². The molecule has 0 bridgehead atoms. The third kappa shape index (κ3) is 7.09. The normalized spacial score (nSPS) is 19.0. The Kier molecular flexibility index (Phi) is 10.1. The fourth-order valence-electron chi connectivity index (χ4n) is 3.48. The maximum absolute atomic E-state index is 11.8. The molecule has 0 saturated heterocycles. The topological polar surface area (TPSA) is 105 Å². The van der Waals surface area contributed by atoms with Crippen LogP contribution in [0, 0.1) is 5.92 Å². The van der Waals surface area contributed by atoms with Gasteiger partial charge in [-0.25, -0.2) is 9.67 Å². The van der Waals surface area contributed by atoms with E-state index < -0.39 is 0 Å². The molecule has 1 aromatic rings. The molecule has 0 aromatic carbocycles. The van der Waals surface area contributed by atoms with Crippen LogP contribution < -0.4 is 16.0 Å². The minimum atomic E-state index is 0. The number of aryl methyl sites for hydroxylation is 1. The minimum absolute atomic E-state index is 0. The Labute approximate surface area is 189 Å². The summed E-state index contributed by atoms with van der Waals surface area (Å²) < 4.78 is 7.09. The number of halogens is 1. The number of amides is 1. The van der Waals surface area contributed by atoms with Crippen LogP contribution in [0.4, 0.5) is 0 Å². The lowest BCUT2D eigenvalue weighted by Crippen LogP contribution is -2.47. The van der Waals surface area contributed by atoms with Crippen LogP contribution >= 0.6 is 24.0 Å². The number of guanidine groups is 1.